The quantitative estimate of drug-likeness (QED) is 0.333. The van der Waals surface area contributed by atoms with Crippen LogP contribution in [0.25, 0.3) is 0 Å². The Morgan fingerprint density at radius 1 is 1.03 bits per heavy atom. The van der Waals surface area contributed by atoms with Crippen LogP contribution in [0.2, 0.25) is 0 Å². The molecule has 1 aromatic carbocycles. The summed E-state index contributed by atoms with van der Waals surface area (Å²) < 4.78 is 1.86. The molecule has 2 saturated heterocycles. The molecule has 0 bridgehead atoms. The maximum absolute atomic E-state index is 12.8. The van der Waals surface area contributed by atoms with Crippen molar-refractivity contribution in [1.82, 2.24) is 24.9 Å². The zero-order chi connectivity index (χ0) is 22.3. The van der Waals surface area contributed by atoms with E-state index in [0.29, 0.717) is 18.4 Å². The van der Waals surface area contributed by atoms with Gasteiger partial charge >= 0.3 is 0 Å². The van der Waals surface area contributed by atoms with Gasteiger partial charge in [-0.05, 0) is 55.1 Å². The van der Waals surface area contributed by atoms with Crippen molar-refractivity contribution in [3.63, 3.8) is 0 Å². The Kier molecular flexibility index (Phi) is 9.58. The number of halogens is 1. The summed E-state index contributed by atoms with van der Waals surface area (Å²) in [5.41, 5.74) is 2.68. The minimum Gasteiger partial charge on any atom is -0.347 e. The summed E-state index contributed by atoms with van der Waals surface area (Å²) in [4.78, 5) is 21.5. The van der Waals surface area contributed by atoms with Crippen molar-refractivity contribution in [3.8, 4) is 0 Å². The van der Waals surface area contributed by atoms with E-state index in [1.54, 1.807) is 7.05 Å². The first kappa shape index (κ1) is 25.5. The number of nitrogens with one attached hydrogen (secondary N) is 1. The van der Waals surface area contributed by atoms with Gasteiger partial charge in [0.15, 0.2) is 5.96 Å². The molecule has 2 aliphatic rings. The van der Waals surface area contributed by atoms with Crippen LogP contribution in [0.4, 0.5) is 0 Å². The van der Waals surface area contributed by atoms with E-state index in [2.05, 4.69) is 56.8 Å². The fourth-order valence-corrected chi connectivity index (χ4v) is 5.03. The van der Waals surface area contributed by atoms with Gasteiger partial charge < -0.3 is 15.1 Å². The second kappa shape index (κ2) is 12.4. The van der Waals surface area contributed by atoms with E-state index in [1.165, 1.54) is 11.1 Å². The van der Waals surface area contributed by atoms with Crippen molar-refractivity contribution in [2.75, 3.05) is 39.8 Å². The Labute approximate surface area is 214 Å². The summed E-state index contributed by atoms with van der Waals surface area (Å²) >= 11 is 0. The standard InChI is InChI=1S/C25H36N6O.HI/c1-26-25(31-13-10-22(19-31)15-23-16-28-29(2)18-23)27-17-24(32)30-11-8-21(9-12-30)14-20-6-4-3-5-7-20;/h3-7,16,18,21-22H,8-15,17,19H2,1-2H3,(H,26,27);1H. The number of likely N-dealkylation sites (tertiary alicyclic amines) is 2. The molecule has 8 heteroatoms. The minimum atomic E-state index is 0. The Bertz CT molecular complexity index is 907. The van der Waals surface area contributed by atoms with Gasteiger partial charge in [-0.1, -0.05) is 30.3 Å². The molecule has 3 heterocycles. The fourth-order valence-electron chi connectivity index (χ4n) is 5.03. The summed E-state index contributed by atoms with van der Waals surface area (Å²) in [5.74, 6) is 2.28. The van der Waals surface area contributed by atoms with Crippen LogP contribution >= 0.6 is 24.0 Å². The van der Waals surface area contributed by atoms with Gasteiger partial charge in [0, 0.05) is 46.5 Å². The first-order valence-electron chi connectivity index (χ1n) is 11.9. The third-order valence-corrected chi connectivity index (χ3v) is 6.81. The molecule has 7 nitrogen and oxygen atoms in total. The smallest absolute Gasteiger partial charge is 0.241 e. The molecule has 2 aliphatic heterocycles. The number of carbonyl (C=O) groups is 1. The van der Waals surface area contributed by atoms with Gasteiger partial charge in [-0.3, -0.25) is 14.5 Å². The molecule has 1 atom stereocenters. The van der Waals surface area contributed by atoms with Crippen molar-refractivity contribution in [3.05, 3.63) is 53.9 Å². The number of piperidine rings is 1. The van der Waals surface area contributed by atoms with E-state index < -0.39 is 0 Å². The van der Waals surface area contributed by atoms with Gasteiger partial charge in [0.2, 0.25) is 5.91 Å². The number of rotatable bonds is 6. The zero-order valence-corrected chi connectivity index (χ0v) is 22.2. The van der Waals surface area contributed by atoms with Gasteiger partial charge in [-0.15, -0.1) is 24.0 Å². The molecule has 0 aliphatic carbocycles. The number of aliphatic imine (C=N–C) groups is 1. The number of hydrogen-bond donors (Lipinski definition) is 1. The molecule has 0 spiro atoms. The van der Waals surface area contributed by atoms with Crippen molar-refractivity contribution >= 4 is 35.8 Å². The Morgan fingerprint density at radius 3 is 2.36 bits per heavy atom. The van der Waals surface area contributed by atoms with Crippen LogP contribution in [0.5, 0.6) is 0 Å². The number of nitrogens with zero attached hydrogens (tertiary/aromatic N) is 5. The number of carbonyl (C=O) groups excluding carboxylic acids is 1. The third-order valence-electron chi connectivity index (χ3n) is 6.81. The Morgan fingerprint density at radius 2 is 1.70 bits per heavy atom. The van der Waals surface area contributed by atoms with E-state index >= 15 is 0 Å². The largest absolute Gasteiger partial charge is 0.347 e. The molecule has 1 N–H and O–H groups in total. The molecule has 0 radical (unpaired) electrons. The van der Waals surface area contributed by atoms with E-state index in [4.69, 9.17) is 0 Å². The van der Waals surface area contributed by atoms with Crippen molar-refractivity contribution in [2.45, 2.75) is 32.1 Å². The predicted octanol–water partition coefficient (Wildman–Crippen LogP) is 2.96. The molecule has 2 fully saturated rings. The number of aromatic nitrogens is 2. The van der Waals surface area contributed by atoms with Crippen LogP contribution in [0.3, 0.4) is 0 Å². The summed E-state index contributed by atoms with van der Waals surface area (Å²) in [7, 11) is 3.76. The second-order valence-corrected chi connectivity index (χ2v) is 9.24. The van der Waals surface area contributed by atoms with Crippen molar-refractivity contribution in [1.29, 1.82) is 0 Å². The molecule has 4 rings (SSSR count). The highest BCUT2D eigenvalue weighted by molar-refractivity contribution is 14.0. The molecule has 180 valence electrons. The van der Waals surface area contributed by atoms with E-state index in [-0.39, 0.29) is 29.9 Å². The zero-order valence-electron chi connectivity index (χ0n) is 19.8. The van der Waals surface area contributed by atoms with Crippen molar-refractivity contribution in [2.24, 2.45) is 23.9 Å². The van der Waals surface area contributed by atoms with Crippen LogP contribution in [0.15, 0.2) is 47.7 Å². The summed E-state index contributed by atoms with van der Waals surface area (Å²) in [6.07, 6.45) is 9.50. The normalized spacial score (nSPS) is 19.5. The third kappa shape index (κ3) is 7.19. The second-order valence-electron chi connectivity index (χ2n) is 9.24. The van der Waals surface area contributed by atoms with Crippen LogP contribution in [0, 0.1) is 11.8 Å². The van der Waals surface area contributed by atoms with Crippen LogP contribution < -0.4 is 5.32 Å². The highest BCUT2D eigenvalue weighted by atomic mass is 127. The maximum Gasteiger partial charge on any atom is 0.241 e. The van der Waals surface area contributed by atoms with Gasteiger partial charge in [0.05, 0.1) is 12.7 Å². The number of aryl methyl sites for hydroxylation is 1. The summed E-state index contributed by atoms with van der Waals surface area (Å²) in [6.45, 7) is 3.97. The molecule has 1 amide bonds. The van der Waals surface area contributed by atoms with Gasteiger partial charge in [-0.25, -0.2) is 0 Å². The van der Waals surface area contributed by atoms with E-state index in [1.807, 2.05) is 22.8 Å². The lowest BCUT2D eigenvalue weighted by molar-refractivity contribution is -0.131. The highest BCUT2D eigenvalue weighted by Crippen LogP contribution is 2.22. The Hall–Kier alpha value is -2.10. The lowest BCUT2D eigenvalue weighted by atomic mass is 9.90. The van der Waals surface area contributed by atoms with Crippen LogP contribution in [-0.2, 0) is 24.7 Å². The highest BCUT2D eigenvalue weighted by Gasteiger charge is 2.27. The average Bonchev–Trinajstić information content (AvgIpc) is 3.44. The summed E-state index contributed by atoms with van der Waals surface area (Å²) in [5, 5.41) is 7.59. The maximum atomic E-state index is 12.8. The molecule has 1 unspecified atom stereocenters. The van der Waals surface area contributed by atoms with Gasteiger partial charge in [-0.2, -0.15) is 5.10 Å². The van der Waals surface area contributed by atoms with Crippen LogP contribution in [-0.4, -0.2) is 71.2 Å². The number of benzene rings is 1. The molecular formula is C25H37IN6O. The summed E-state index contributed by atoms with van der Waals surface area (Å²) in [6, 6.07) is 10.7. The molecule has 2 aromatic rings. The Balaban J connectivity index is 0.00000306. The lowest BCUT2D eigenvalue weighted by Gasteiger charge is -2.32. The average molecular weight is 565 g/mol. The van der Waals surface area contributed by atoms with Crippen molar-refractivity contribution < 1.29 is 4.79 Å². The molecule has 0 saturated carbocycles. The first-order valence-corrected chi connectivity index (χ1v) is 11.9. The van der Waals surface area contributed by atoms with E-state index in [0.717, 1.165) is 64.2 Å². The monoisotopic (exact) mass is 564 g/mol. The van der Waals surface area contributed by atoms with E-state index in [9.17, 15) is 4.79 Å². The van der Waals surface area contributed by atoms with Gasteiger partial charge in [0.1, 0.15) is 0 Å². The predicted molar refractivity (Wildman–Crippen MR) is 143 cm³/mol. The first-order chi connectivity index (χ1) is 15.6. The van der Waals surface area contributed by atoms with Crippen LogP contribution in [0.1, 0.15) is 30.4 Å². The number of amides is 1. The topological polar surface area (TPSA) is 65.8 Å². The minimum absolute atomic E-state index is 0. The number of hydrogen-bond acceptors (Lipinski definition) is 3. The fraction of sp³-hybridized carbons (Fsp3) is 0.560. The lowest BCUT2D eigenvalue weighted by Crippen LogP contribution is -2.47. The molecule has 33 heavy (non-hydrogen) atoms. The van der Waals surface area contributed by atoms with Gasteiger partial charge in [0.25, 0.3) is 0 Å². The number of guanidine groups is 1. The molecule has 1 aromatic heterocycles. The SMILES string of the molecule is CN=C(NCC(=O)N1CCC(Cc2ccccc2)CC1)N1CCC(Cc2cnn(C)c2)C1.I. The molecular weight excluding hydrogens is 527 g/mol.